The molecule has 2 nitrogen and oxygen atoms in total. The van der Waals surface area contributed by atoms with E-state index >= 15 is 0 Å². The predicted molar refractivity (Wildman–Crippen MR) is 36.1 cm³/mol. The quantitative estimate of drug-likeness (QED) is 0.577. The van der Waals surface area contributed by atoms with Crippen LogP contribution in [0.5, 0.6) is 0 Å². The van der Waals surface area contributed by atoms with Crippen molar-refractivity contribution in [3.8, 4) is 0 Å². The molecule has 11 heavy (non-hydrogen) atoms. The third-order valence-electron chi connectivity index (χ3n) is 1.94. The molecule has 0 aromatic heterocycles. The van der Waals surface area contributed by atoms with Crippen LogP contribution in [0.1, 0.15) is 25.7 Å². The molecule has 0 aromatic carbocycles. The Morgan fingerprint density at radius 1 is 1.36 bits per heavy atom. The van der Waals surface area contributed by atoms with Crippen molar-refractivity contribution in [2.45, 2.75) is 36.9 Å². The fourth-order valence-electron chi connectivity index (χ4n) is 1.21. The van der Waals surface area contributed by atoms with Gasteiger partial charge in [0.2, 0.25) is 5.92 Å². The highest BCUT2D eigenvalue weighted by molar-refractivity contribution is 7.79. The number of hydrogen-bond donors (Lipinski definition) is 0. The number of alkyl halides is 2. The highest BCUT2D eigenvalue weighted by atomic mass is 32.2. The predicted octanol–water partition coefficient (Wildman–Crippen LogP) is 1.44. The van der Waals surface area contributed by atoms with Crippen molar-refractivity contribution in [3.63, 3.8) is 0 Å². The van der Waals surface area contributed by atoms with E-state index in [0.29, 0.717) is 0 Å². The van der Waals surface area contributed by atoms with Gasteiger partial charge in [-0.2, -0.15) is 0 Å². The smallest absolute Gasteiger partial charge is 0.248 e. The molecule has 0 aromatic rings. The molecule has 1 unspecified atom stereocenters. The minimum absolute atomic E-state index is 0.100. The Balaban J connectivity index is 2.42. The van der Waals surface area contributed by atoms with E-state index in [2.05, 4.69) is 0 Å². The second-order valence-corrected chi connectivity index (χ2v) is 4.00. The molecule has 66 valence electrons. The monoisotopic (exact) mass is 183 g/mol. The molecule has 0 aliphatic heterocycles. The minimum atomic E-state index is -2.63. The molecule has 0 saturated heterocycles. The van der Waals surface area contributed by atoms with Gasteiger partial charge >= 0.3 is 0 Å². The van der Waals surface area contributed by atoms with Crippen LogP contribution >= 0.6 is 0 Å². The summed E-state index contributed by atoms with van der Waals surface area (Å²) in [6.07, 6.45) is -0.372. The molecule has 1 fully saturated rings. The van der Waals surface area contributed by atoms with Crippen molar-refractivity contribution in [2.24, 2.45) is 0 Å². The van der Waals surface area contributed by atoms with E-state index in [1.54, 1.807) is 0 Å². The summed E-state index contributed by atoms with van der Waals surface area (Å²) in [4.78, 5) is 0. The maximum Gasteiger partial charge on any atom is 0.248 e. The Kier molecular flexibility index (Phi) is 2.59. The second-order valence-electron chi connectivity index (χ2n) is 2.82. The van der Waals surface area contributed by atoms with Crippen molar-refractivity contribution < 1.29 is 17.5 Å². The highest BCUT2D eigenvalue weighted by Crippen LogP contribution is 2.34. The van der Waals surface area contributed by atoms with Gasteiger partial charge in [-0.3, -0.25) is 4.21 Å². The molecule has 1 aliphatic carbocycles. The van der Waals surface area contributed by atoms with Crippen LogP contribution in [0.3, 0.4) is 0 Å². The average molecular weight is 183 g/mol. The Labute approximate surface area is 66.3 Å². The third-order valence-corrected chi connectivity index (χ3v) is 2.95. The molecule has 1 atom stereocenters. The van der Waals surface area contributed by atoms with Crippen LogP contribution in [0.2, 0.25) is 0 Å². The summed E-state index contributed by atoms with van der Waals surface area (Å²) >= 11 is -2.17. The maximum absolute atomic E-state index is 12.4. The third kappa shape index (κ3) is 2.48. The van der Waals surface area contributed by atoms with E-state index in [-0.39, 0.29) is 25.7 Å². The van der Waals surface area contributed by atoms with Crippen LogP contribution in [-0.4, -0.2) is 19.9 Å². The van der Waals surface area contributed by atoms with Crippen LogP contribution in [0.15, 0.2) is 0 Å². The molecule has 1 saturated carbocycles. The zero-order valence-corrected chi connectivity index (χ0v) is 6.70. The van der Waals surface area contributed by atoms with E-state index in [4.69, 9.17) is 0 Å². The van der Waals surface area contributed by atoms with Crippen LogP contribution in [0.4, 0.5) is 8.78 Å². The van der Waals surface area contributed by atoms with E-state index in [9.17, 15) is 17.5 Å². The van der Waals surface area contributed by atoms with Gasteiger partial charge in [-0.1, -0.05) is 11.1 Å². The first-order valence-corrected chi connectivity index (χ1v) is 4.61. The standard InChI is InChI=1S/C6H10F2O2S/c7-6(8)3-1-5(2-4-6)11(9)10/h5H,1-4H2,(H,9,10)/p-1. The molecule has 5 heteroatoms. The topological polar surface area (TPSA) is 40.1 Å². The normalized spacial score (nSPS) is 28.3. The molecule has 0 N–H and O–H groups in total. The molecular weight excluding hydrogens is 174 g/mol. The number of hydrogen-bond acceptors (Lipinski definition) is 2. The molecular formula is C6H9F2O2S-. The van der Waals surface area contributed by atoms with Crippen molar-refractivity contribution in [3.05, 3.63) is 0 Å². The van der Waals surface area contributed by atoms with E-state index < -0.39 is 22.3 Å². The van der Waals surface area contributed by atoms with Gasteiger partial charge in [0.1, 0.15) is 0 Å². The zero-order valence-electron chi connectivity index (χ0n) is 5.89. The Morgan fingerprint density at radius 3 is 2.18 bits per heavy atom. The summed E-state index contributed by atoms with van der Waals surface area (Å²) in [5.41, 5.74) is 0. The van der Waals surface area contributed by atoms with Crippen LogP contribution in [-0.2, 0) is 11.1 Å². The first kappa shape index (κ1) is 9.06. The summed E-state index contributed by atoms with van der Waals surface area (Å²) < 4.78 is 45.5. The highest BCUT2D eigenvalue weighted by Gasteiger charge is 2.35. The minimum Gasteiger partial charge on any atom is -0.772 e. The summed E-state index contributed by atoms with van der Waals surface area (Å²) in [5, 5.41) is -0.547. The first-order valence-electron chi connectivity index (χ1n) is 3.47. The van der Waals surface area contributed by atoms with Gasteiger partial charge in [0.15, 0.2) is 0 Å². The fourth-order valence-corrected chi connectivity index (χ4v) is 1.83. The van der Waals surface area contributed by atoms with Gasteiger partial charge in [0.05, 0.1) is 0 Å². The fraction of sp³-hybridized carbons (Fsp3) is 1.00. The molecule has 0 bridgehead atoms. The van der Waals surface area contributed by atoms with Gasteiger partial charge < -0.3 is 4.55 Å². The summed E-state index contributed by atoms with van der Waals surface area (Å²) in [7, 11) is 0. The van der Waals surface area contributed by atoms with E-state index in [1.807, 2.05) is 0 Å². The van der Waals surface area contributed by atoms with Crippen LogP contribution < -0.4 is 0 Å². The molecule has 1 rings (SSSR count). The van der Waals surface area contributed by atoms with E-state index in [1.165, 1.54) is 0 Å². The van der Waals surface area contributed by atoms with Crippen molar-refractivity contribution in [1.29, 1.82) is 0 Å². The maximum atomic E-state index is 12.4. The van der Waals surface area contributed by atoms with Gasteiger partial charge in [-0.15, -0.1) is 0 Å². The van der Waals surface area contributed by atoms with Crippen molar-refractivity contribution in [2.75, 3.05) is 0 Å². The van der Waals surface area contributed by atoms with Gasteiger partial charge in [0.25, 0.3) is 0 Å². The van der Waals surface area contributed by atoms with Gasteiger partial charge in [0, 0.05) is 18.1 Å². The van der Waals surface area contributed by atoms with Crippen molar-refractivity contribution >= 4 is 11.1 Å². The summed E-state index contributed by atoms with van der Waals surface area (Å²) in [5.74, 6) is -2.63. The Bertz CT molecular complexity index is 162. The molecule has 0 amide bonds. The molecule has 0 spiro atoms. The molecule has 0 heterocycles. The van der Waals surface area contributed by atoms with E-state index in [0.717, 1.165) is 0 Å². The zero-order chi connectivity index (χ0) is 8.48. The molecule has 1 aliphatic rings. The van der Waals surface area contributed by atoms with Crippen LogP contribution in [0.25, 0.3) is 0 Å². The second kappa shape index (κ2) is 3.15. The lowest BCUT2D eigenvalue weighted by Crippen LogP contribution is -2.29. The average Bonchev–Trinajstić information content (AvgIpc) is 1.86. The van der Waals surface area contributed by atoms with Crippen LogP contribution in [0, 0.1) is 0 Å². The van der Waals surface area contributed by atoms with Gasteiger partial charge in [-0.25, -0.2) is 8.78 Å². The largest absolute Gasteiger partial charge is 0.772 e. The first-order chi connectivity index (χ1) is 5.01. The number of rotatable bonds is 1. The summed E-state index contributed by atoms with van der Waals surface area (Å²) in [6.45, 7) is 0. The number of halogens is 2. The Morgan fingerprint density at radius 2 is 1.82 bits per heavy atom. The molecule has 0 radical (unpaired) electrons. The lowest BCUT2D eigenvalue weighted by atomic mass is 9.96. The van der Waals surface area contributed by atoms with Crippen molar-refractivity contribution in [1.82, 2.24) is 0 Å². The SMILES string of the molecule is O=S([O-])C1CCC(F)(F)CC1. The summed E-state index contributed by atoms with van der Waals surface area (Å²) in [6, 6.07) is 0. The van der Waals surface area contributed by atoms with Gasteiger partial charge in [-0.05, 0) is 12.8 Å². The lowest BCUT2D eigenvalue weighted by Gasteiger charge is -2.29. The Hall–Kier alpha value is -0.0300. The lowest BCUT2D eigenvalue weighted by molar-refractivity contribution is -0.0329.